The predicted molar refractivity (Wildman–Crippen MR) is 60.1 cm³/mol. The molecule has 0 unspecified atom stereocenters. The van der Waals surface area contributed by atoms with E-state index in [0.29, 0.717) is 0 Å². The molecule has 1 aromatic rings. The van der Waals surface area contributed by atoms with Crippen molar-refractivity contribution in [2.24, 2.45) is 4.99 Å². The van der Waals surface area contributed by atoms with E-state index in [1.807, 2.05) is 30.5 Å². The van der Waals surface area contributed by atoms with Gasteiger partial charge >= 0.3 is 0 Å². The van der Waals surface area contributed by atoms with Gasteiger partial charge in [-0.3, -0.25) is 4.99 Å². The van der Waals surface area contributed by atoms with E-state index < -0.39 is 0 Å². The van der Waals surface area contributed by atoms with Gasteiger partial charge in [-0.25, -0.2) is 0 Å². The van der Waals surface area contributed by atoms with E-state index in [-0.39, 0.29) is 0 Å². The van der Waals surface area contributed by atoms with Crippen molar-refractivity contribution in [1.82, 2.24) is 0 Å². The highest BCUT2D eigenvalue weighted by Crippen LogP contribution is 2.11. The Kier molecular flexibility index (Phi) is 4.76. The van der Waals surface area contributed by atoms with Crippen LogP contribution in [0.2, 0.25) is 0 Å². The molecular weight excluding hydrogens is 174 g/mol. The van der Waals surface area contributed by atoms with Gasteiger partial charge in [0.1, 0.15) is 5.75 Å². The summed E-state index contributed by atoms with van der Waals surface area (Å²) in [6.07, 6.45) is 4.21. The zero-order valence-corrected chi connectivity index (χ0v) is 8.86. The van der Waals surface area contributed by atoms with Crippen LogP contribution in [0, 0.1) is 0 Å². The minimum atomic E-state index is 0.768. The summed E-state index contributed by atoms with van der Waals surface area (Å²) in [5.41, 5.74) is 1.22. The minimum Gasteiger partial charge on any atom is -0.497 e. The van der Waals surface area contributed by atoms with Gasteiger partial charge in [0.2, 0.25) is 0 Å². The van der Waals surface area contributed by atoms with Crippen LogP contribution in [0.15, 0.2) is 29.3 Å². The van der Waals surface area contributed by atoms with Crippen LogP contribution >= 0.6 is 0 Å². The van der Waals surface area contributed by atoms with E-state index in [2.05, 4.69) is 11.9 Å². The molecule has 0 fully saturated rings. The van der Waals surface area contributed by atoms with Crippen molar-refractivity contribution in [3.05, 3.63) is 29.8 Å². The standard InChI is InChI=1S/C12H17NO/c1-3-4-9-13-10-11-5-7-12(14-2)8-6-11/h5-9H,3-4,10H2,1-2H3. The summed E-state index contributed by atoms with van der Waals surface area (Å²) in [7, 11) is 1.68. The zero-order valence-electron chi connectivity index (χ0n) is 8.86. The molecule has 0 bridgehead atoms. The predicted octanol–water partition coefficient (Wildman–Crippen LogP) is 3.07. The first-order valence-electron chi connectivity index (χ1n) is 4.98. The van der Waals surface area contributed by atoms with Crippen LogP contribution in [-0.4, -0.2) is 13.3 Å². The molecule has 2 nitrogen and oxygen atoms in total. The Bertz CT molecular complexity index is 277. The van der Waals surface area contributed by atoms with Crippen molar-refractivity contribution in [3.8, 4) is 5.75 Å². The second-order valence-corrected chi connectivity index (χ2v) is 3.16. The Hall–Kier alpha value is -1.31. The first kappa shape index (κ1) is 10.8. The molecule has 0 heterocycles. The Morgan fingerprint density at radius 1 is 1.29 bits per heavy atom. The molecule has 76 valence electrons. The molecule has 0 atom stereocenters. The van der Waals surface area contributed by atoms with Crippen molar-refractivity contribution in [1.29, 1.82) is 0 Å². The van der Waals surface area contributed by atoms with Crippen molar-refractivity contribution in [2.45, 2.75) is 26.3 Å². The third-order valence-corrected chi connectivity index (χ3v) is 1.98. The molecule has 0 amide bonds. The summed E-state index contributed by atoms with van der Waals surface area (Å²) in [4.78, 5) is 4.32. The van der Waals surface area contributed by atoms with Crippen LogP contribution in [0.4, 0.5) is 0 Å². The van der Waals surface area contributed by atoms with Gasteiger partial charge in [-0.1, -0.05) is 25.5 Å². The lowest BCUT2D eigenvalue weighted by molar-refractivity contribution is 0.414. The van der Waals surface area contributed by atoms with Crippen molar-refractivity contribution >= 4 is 6.21 Å². The summed E-state index contributed by atoms with van der Waals surface area (Å²) in [5, 5.41) is 0. The lowest BCUT2D eigenvalue weighted by atomic mass is 10.2. The third kappa shape index (κ3) is 3.60. The van der Waals surface area contributed by atoms with Crippen molar-refractivity contribution in [3.63, 3.8) is 0 Å². The Balaban J connectivity index is 2.43. The normalized spacial score (nSPS) is 10.7. The Labute approximate surface area is 85.6 Å². The maximum Gasteiger partial charge on any atom is 0.118 e. The molecule has 0 aliphatic rings. The second kappa shape index (κ2) is 6.19. The van der Waals surface area contributed by atoms with Gasteiger partial charge < -0.3 is 4.74 Å². The number of hydrogen-bond donors (Lipinski definition) is 0. The number of benzene rings is 1. The van der Waals surface area contributed by atoms with Crippen LogP contribution in [0.5, 0.6) is 5.75 Å². The summed E-state index contributed by atoms with van der Waals surface area (Å²) < 4.78 is 5.07. The van der Waals surface area contributed by atoms with E-state index in [1.54, 1.807) is 7.11 Å². The first-order chi connectivity index (χ1) is 6.86. The van der Waals surface area contributed by atoms with Crippen molar-refractivity contribution < 1.29 is 4.74 Å². The van der Waals surface area contributed by atoms with E-state index in [1.165, 1.54) is 5.56 Å². The highest BCUT2D eigenvalue weighted by atomic mass is 16.5. The number of hydrogen-bond acceptors (Lipinski definition) is 2. The maximum atomic E-state index is 5.07. The fourth-order valence-corrected chi connectivity index (χ4v) is 1.12. The van der Waals surface area contributed by atoms with Gasteiger partial charge in [0.05, 0.1) is 13.7 Å². The van der Waals surface area contributed by atoms with Gasteiger partial charge in [-0.2, -0.15) is 0 Å². The number of nitrogens with zero attached hydrogens (tertiary/aromatic N) is 1. The van der Waals surface area contributed by atoms with Gasteiger partial charge in [0, 0.05) is 0 Å². The number of rotatable bonds is 5. The molecule has 0 aliphatic carbocycles. The van der Waals surface area contributed by atoms with Gasteiger partial charge in [-0.05, 0) is 30.3 Å². The second-order valence-electron chi connectivity index (χ2n) is 3.16. The van der Waals surface area contributed by atoms with Gasteiger partial charge in [-0.15, -0.1) is 0 Å². The molecule has 0 spiro atoms. The minimum absolute atomic E-state index is 0.768. The molecule has 2 heteroatoms. The third-order valence-electron chi connectivity index (χ3n) is 1.98. The fourth-order valence-electron chi connectivity index (χ4n) is 1.12. The highest BCUT2D eigenvalue weighted by Gasteiger charge is 1.91. The molecule has 1 rings (SSSR count). The summed E-state index contributed by atoms with van der Waals surface area (Å²) in [6.45, 7) is 2.92. The molecule has 0 N–H and O–H groups in total. The smallest absolute Gasteiger partial charge is 0.118 e. The lowest BCUT2D eigenvalue weighted by Gasteiger charge is -2.00. The van der Waals surface area contributed by atoms with Gasteiger partial charge in [0.15, 0.2) is 0 Å². The van der Waals surface area contributed by atoms with Crippen molar-refractivity contribution in [2.75, 3.05) is 7.11 Å². The topological polar surface area (TPSA) is 21.6 Å². The number of methoxy groups -OCH3 is 1. The largest absolute Gasteiger partial charge is 0.497 e. The molecule has 0 radical (unpaired) electrons. The lowest BCUT2D eigenvalue weighted by Crippen LogP contribution is -1.85. The van der Waals surface area contributed by atoms with E-state index in [0.717, 1.165) is 25.1 Å². The Morgan fingerprint density at radius 3 is 2.57 bits per heavy atom. The molecule has 0 saturated carbocycles. The maximum absolute atomic E-state index is 5.07. The number of ether oxygens (including phenoxy) is 1. The molecule has 0 saturated heterocycles. The Morgan fingerprint density at radius 2 is 2.00 bits per heavy atom. The van der Waals surface area contributed by atoms with Crippen LogP contribution in [-0.2, 0) is 6.54 Å². The van der Waals surface area contributed by atoms with Gasteiger partial charge in [0.25, 0.3) is 0 Å². The number of unbranched alkanes of at least 4 members (excludes halogenated alkanes) is 1. The van der Waals surface area contributed by atoms with Crippen LogP contribution in [0.1, 0.15) is 25.3 Å². The quantitative estimate of drug-likeness (QED) is 0.655. The van der Waals surface area contributed by atoms with E-state index in [9.17, 15) is 0 Å². The molecule has 0 aliphatic heterocycles. The van der Waals surface area contributed by atoms with Crippen LogP contribution in [0.25, 0.3) is 0 Å². The SMILES string of the molecule is CCCC=NCc1ccc(OC)cc1. The average molecular weight is 191 g/mol. The van der Waals surface area contributed by atoms with Crippen LogP contribution in [0.3, 0.4) is 0 Å². The first-order valence-corrected chi connectivity index (χ1v) is 4.98. The summed E-state index contributed by atoms with van der Waals surface area (Å²) >= 11 is 0. The molecular formula is C12H17NO. The summed E-state index contributed by atoms with van der Waals surface area (Å²) in [5.74, 6) is 0.895. The van der Waals surface area contributed by atoms with E-state index in [4.69, 9.17) is 4.74 Å². The van der Waals surface area contributed by atoms with Crippen LogP contribution < -0.4 is 4.74 Å². The molecule has 1 aromatic carbocycles. The zero-order chi connectivity index (χ0) is 10.2. The average Bonchev–Trinajstić information content (AvgIpc) is 2.25. The number of aliphatic imine (C=N–C) groups is 1. The fraction of sp³-hybridized carbons (Fsp3) is 0.417. The summed E-state index contributed by atoms with van der Waals surface area (Å²) in [6, 6.07) is 8.01. The highest BCUT2D eigenvalue weighted by molar-refractivity contribution is 5.57. The van der Waals surface area contributed by atoms with E-state index >= 15 is 0 Å². The molecule has 0 aromatic heterocycles. The molecule has 14 heavy (non-hydrogen) atoms. The monoisotopic (exact) mass is 191 g/mol.